The van der Waals surface area contributed by atoms with Gasteiger partial charge in [0.15, 0.2) is 0 Å². The molecule has 3 aromatic rings. The zero-order valence-electron chi connectivity index (χ0n) is 23.0. The molecule has 0 bridgehead atoms. The van der Waals surface area contributed by atoms with Crippen LogP contribution in [0.15, 0.2) is 83.8 Å². The summed E-state index contributed by atoms with van der Waals surface area (Å²) in [5.74, 6) is -0.126. The van der Waals surface area contributed by atoms with E-state index in [0.29, 0.717) is 23.7 Å². The fraction of sp³-hybridized carbons (Fsp3) is 0.333. The molecule has 0 unspecified atom stereocenters. The molecule has 0 aliphatic heterocycles. The number of benzene rings is 3. The molecule has 1 atom stereocenters. The van der Waals surface area contributed by atoms with Gasteiger partial charge in [0.25, 0.3) is 10.0 Å². The minimum absolute atomic E-state index is 0.0452. The number of amides is 2. The summed E-state index contributed by atoms with van der Waals surface area (Å²) in [6.07, 6.45) is 2.08. The summed E-state index contributed by atoms with van der Waals surface area (Å²) < 4.78 is 33.9. The summed E-state index contributed by atoms with van der Waals surface area (Å²) in [6.45, 7) is 3.96. The summed E-state index contributed by atoms with van der Waals surface area (Å²) >= 11 is 6.07. The largest absolute Gasteiger partial charge is 0.497 e. The third-order valence-corrected chi connectivity index (χ3v) is 8.49. The maximum absolute atomic E-state index is 14.0. The van der Waals surface area contributed by atoms with E-state index in [9.17, 15) is 18.0 Å². The minimum Gasteiger partial charge on any atom is -0.497 e. The predicted molar refractivity (Wildman–Crippen MR) is 158 cm³/mol. The van der Waals surface area contributed by atoms with Crippen molar-refractivity contribution < 1.29 is 22.7 Å². The number of halogens is 1. The molecule has 40 heavy (non-hydrogen) atoms. The number of methoxy groups -OCH3 is 1. The molecule has 8 nitrogen and oxygen atoms in total. The number of hydrogen-bond donors (Lipinski definition) is 1. The van der Waals surface area contributed by atoms with Crippen LogP contribution in [-0.2, 0) is 26.2 Å². The molecule has 0 aliphatic carbocycles. The van der Waals surface area contributed by atoms with Crippen molar-refractivity contribution in [2.24, 2.45) is 0 Å². The van der Waals surface area contributed by atoms with Crippen LogP contribution in [0.4, 0.5) is 5.69 Å². The molecule has 214 valence electrons. The Morgan fingerprint density at radius 1 is 0.950 bits per heavy atom. The van der Waals surface area contributed by atoms with Gasteiger partial charge in [-0.15, -0.1) is 0 Å². The monoisotopic (exact) mass is 585 g/mol. The number of nitrogens with one attached hydrogen (secondary N) is 1. The second-order valence-electron chi connectivity index (χ2n) is 9.24. The van der Waals surface area contributed by atoms with Crippen LogP contribution in [0.3, 0.4) is 0 Å². The average molecular weight is 586 g/mol. The number of anilines is 1. The molecule has 0 aromatic heterocycles. The van der Waals surface area contributed by atoms with Crippen LogP contribution in [0.25, 0.3) is 0 Å². The molecule has 0 heterocycles. The van der Waals surface area contributed by atoms with Crippen molar-refractivity contribution in [2.75, 3.05) is 24.5 Å². The van der Waals surface area contributed by atoms with E-state index in [1.165, 1.54) is 17.0 Å². The number of unbranched alkanes of at least 4 members (excludes halogenated alkanes) is 1. The van der Waals surface area contributed by atoms with Gasteiger partial charge in [-0.25, -0.2) is 8.42 Å². The van der Waals surface area contributed by atoms with E-state index >= 15 is 0 Å². The molecule has 2 amide bonds. The summed E-state index contributed by atoms with van der Waals surface area (Å²) in [5.41, 5.74) is 1.06. The summed E-state index contributed by atoms with van der Waals surface area (Å²) in [7, 11) is -2.56. The lowest BCUT2D eigenvalue weighted by Crippen LogP contribution is -2.52. The zero-order valence-corrected chi connectivity index (χ0v) is 24.6. The summed E-state index contributed by atoms with van der Waals surface area (Å²) in [6, 6.07) is 20.6. The quantitative estimate of drug-likeness (QED) is 0.260. The molecule has 0 radical (unpaired) electrons. The number of hydrogen-bond acceptors (Lipinski definition) is 5. The van der Waals surface area contributed by atoms with Crippen LogP contribution in [0.5, 0.6) is 5.75 Å². The van der Waals surface area contributed by atoms with Crippen molar-refractivity contribution in [3.8, 4) is 5.75 Å². The first-order valence-corrected chi connectivity index (χ1v) is 15.1. The third kappa shape index (κ3) is 7.99. The van der Waals surface area contributed by atoms with Gasteiger partial charge >= 0.3 is 0 Å². The Hall–Kier alpha value is -3.56. The lowest BCUT2D eigenvalue weighted by atomic mass is 10.1. The number of carbonyl (C=O) groups excluding carboxylic acids is 2. The number of carbonyl (C=O) groups is 2. The van der Waals surface area contributed by atoms with Gasteiger partial charge in [-0.2, -0.15) is 0 Å². The molecular weight excluding hydrogens is 550 g/mol. The van der Waals surface area contributed by atoms with Crippen molar-refractivity contribution >= 4 is 39.1 Å². The Morgan fingerprint density at radius 2 is 1.60 bits per heavy atom. The Bertz CT molecular complexity index is 1350. The molecule has 3 rings (SSSR count). The molecule has 0 saturated heterocycles. The lowest BCUT2D eigenvalue weighted by molar-refractivity contribution is -0.140. The topological polar surface area (TPSA) is 96.0 Å². The predicted octanol–water partition coefficient (Wildman–Crippen LogP) is 5.27. The van der Waals surface area contributed by atoms with Gasteiger partial charge in [-0.1, -0.05) is 62.2 Å². The summed E-state index contributed by atoms with van der Waals surface area (Å²) in [5, 5.41) is 3.36. The van der Waals surface area contributed by atoms with Gasteiger partial charge < -0.3 is 15.0 Å². The highest BCUT2D eigenvalue weighted by Gasteiger charge is 2.33. The SMILES string of the molecule is CCCCNC(=O)[C@@H](CC)N(Cc1ccc(OC)cc1)C(=O)CN(c1ccc(Cl)cc1)S(=O)(=O)c1ccccc1. The Balaban J connectivity index is 2.01. The fourth-order valence-electron chi connectivity index (χ4n) is 4.21. The molecule has 1 N–H and O–H groups in total. The third-order valence-electron chi connectivity index (χ3n) is 6.45. The van der Waals surface area contributed by atoms with E-state index in [4.69, 9.17) is 16.3 Å². The highest BCUT2D eigenvalue weighted by molar-refractivity contribution is 7.92. The van der Waals surface area contributed by atoms with Crippen molar-refractivity contribution in [3.63, 3.8) is 0 Å². The van der Waals surface area contributed by atoms with Crippen LogP contribution in [0.2, 0.25) is 5.02 Å². The van der Waals surface area contributed by atoms with E-state index in [0.717, 1.165) is 22.7 Å². The zero-order chi connectivity index (χ0) is 29.1. The van der Waals surface area contributed by atoms with Gasteiger partial charge in [0, 0.05) is 18.1 Å². The minimum atomic E-state index is -4.12. The van der Waals surface area contributed by atoms with Gasteiger partial charge in [0.2, 0.25) is 11.8 Å². The first kappa shape index (κ1) is 31.0. The van der Waals surface area contributed by atoms with Gasteiger partial charge in [0.05, 0.1) is 17.7 Å². The van der Waals surface area contributed by atoms with Crippen molar-refractivity contribution in [3.05, 3.63) is 89.4 Å². The lowest BCUT2D eigenvalue weighted by Gasteiger charge is -2.33. The molecule has 3 aromatic carbocycles. The van der Waals surface area contributed by atoms with E-state index in [1.807, 2.05) is 26.0 Å². The smallest absolute Gasteiger partial charge is 0.264 e. The Morgan fingerprint density at radius 3 is 2.17 bits per heavy atom. The van der Waals surface area contributed by atoms with Crippen molar-refractivity contribution in [1.29, 1.82) is 0 Å². The number of nitrogens with zero attached hydrogens (tertiary/aromatic N) is 2. The van der Waals surface area contributed by atoms with Crippen molar-refractivity contribution in [1.82, 2.24) is 10.2 Å². The second-order valence-corrected chi connectivity index (χ2v) is 11.5. The van der Waals surface area contributed by atoms with E-state index in [-0.39, 0.29) is 23.0 Å². The number of rotatable bonds is 14. The van der Waals surface area contributed by atoms with Gasteiger partial charge in [-0.05, 0) is 66.9 Å². The maximum atomic E-state index is 14.0. The van der Waals surface area contributed by atoms with Crippen LogP contribution in [-0.4, -0.2) is 51.4 Å². The van der Waals surface area contributed by atoms with E-state index in [1.54, 1.807) is 61.7 Å². The first-order chi connectivity index (χ1) is 19.2. The average Bonchev–Trinajstić information content (AvgIpc) is 2.97. The standard InChI is InChI=1S/C30H36ClN3O5S/c1-4-6-20-32-30(36)28(5-2)33(21-23-12-18-26(39-3)19-13-23)29(35)22-34(25-16-14-24(31)15-17-25)40(37,38)27-10-8-7-9-11-27/h7-19,28H,4-6,20-22H2,1-3H3,(H,32,36)/t28-/m1/s1. The van der Waals surface area contributed by atoms with E-state index < -0.39 is 28.5 Å². The molecule has 0 spiro atoms. The summed E-state index contributed by atoms with van der Waals surface area (Å²) in [4.78, 5) is 28.7. The Kier molecular flexibility index (Phi) is 11.4. The van der Waals surface area contributed by atoms with Crippen LogP contribution < -0.4 is 14.4 Å². The molecule has 0 fully saturated rings. The molecule has 0 aliphatic rings. The first-order valence-electron chi connectivity index (χ1n) is 13.2. The molecule has 0 saturated carbocycles. The number of ether oxygens (including phenoxy) is 1. The molecular formula is C30H36ClN3O5S. The van der Waals surface area contributed by atoms with Crippen LogP contribution >= 0.6 is 11.6 Å². The second kappa shape index (κ2) is 14.7. The van der Waals surface area contributed by atoms with Gasteiger partial charge in [0.1, 0.15) is 18.3 Å². The normalized spacial score (nSPS) is 11.9. The van der Waals surface area contributed by atoms with Crippen LogP contribution in [0, 0.1) is 0 Å². The fourth-order valence-corrected chi connectivity index (χ4v) is 5.77. The van der Waals surface area contributed by atoms with Crippen molar-refractivity contribution in [2.45, 2.75) is 50.6 Å². The Labute approximate surface area is 241 Å². The highest BCUT2D eigenvalue weighted by Crippen LogP contribution is 2.26. The van der Waals surface area contributed by atoms with E-state index in [2.05, 4.69) is 5.32 Å². The van der Waals surface area contributed by atoms with Crippen LogP contribution in [0.1, 0.15) is 38.7 Å². The number of sulfonamides is 1. The highest BCUT2D eigenvalue weighted by atomic mass is 35.5. The molecule has 10 heteroatoms. The van der Waals surface area contributed by atoms with Gasteiger partial charge in [-0.3, -0.25) is 13.9 Å². The maximum Gasteiger partial charge on any atom is 0.264 e.